The zero-order valence-electron chi connectivity index (χ0n) is 3.67. The van der Waals surface area contributed by atoms with Crippen molar-refractivity contribution in [3.05, 3.63) is 0 Å². The summed E-state index contributed by atoms with van der Waals surface area (Å²) in [5.74, 6) is 0. The van der Waals surface area contributed by atoms with E-state index in [1.807, 2.05) is 0 Å². The van der Waals surface area contributed by atoms with Gasteiger partial charge in [-0.15, -0.1) is 0 Å². The molecule has 0 spiro atoms. The molecule has 4 nitrogen and oxygen atoms in total. The molecule has 0 aromatic heterocycles. The normalized spacial score (nSPS) is 10.3. The van der Waals surface area contributed by atoms with Gasteiger partial charge in [-0.05, 0) is 0 Å². The molecule has 0 heterocycles. The van der Waals surface area contributed by atoms with Crippen LogP contribution in [0.4, 0.5) is 0 Å². The number of hydrogen-bond acceptors (Lipinski definition) is 2. The van der Waals surface area contributed by atoms with Gasteiger partial charge in [0.2, 0.25) is 0 Å². The Hall–Kier alpha value is 1.67. The smallest absolute Gasteiger partial charge is 0.0814 e. The van der Waals surface area contributed by atoms with Gasteiger partial charge in [-0.3, -0.25) is 0 Å². The molecule has 0 aliphatic heterocycles. The SMILES string of the molecule is O=S([O-])O.[K].[NH4+]. The Labute approximate surface area is 80.8 Å². The van der Waals surface area contributed by atoms with Crippen LogP contribution in [-0.2, 0) is 11.4 Å². The molecule has 0 aromatic carbocycles. The van der Waals surface area contributed by atoms with E-state index < -0.39 is 11.4 Å². The minimum atomic E-state index is -2.86. The van der Waals surface area contributed by atoms with Crippen molar-refractivity contribution < 1.29 is 13.3 Å². The quantitative estimate of drug-likeness (QED) is 0.343. The Morgan fingerprint density at radius 3 is 1.67 bits per heavy atom. The maximum atomic E-state index is 8.56. The molecule has 1 unspecified atom stereocenters. The fourth-order valence-electron chi connectivity index (χ4n) is 0. The fraction of sp³-hybridized carbons (Fsp3) is 0. The first-order valence-electron chi connectivity index (χ1n) is 0.516. The van der Waals surface area contributed by atoms with Gasteiger partial charge in [0.15, 0.2) is 0 Å². The van der Waals surface area contributed by atoms with Gasteiger partial charge in [-0.25, -0.2) is 4.21 Å². The third-order valence-corrected chi connectivity index (χ3v) is 0. The molecule has 0 saturated heterocycles. The monoisotopic (exact) mass is 138 g/mol. The molecule has 6 heavy (non-hydrogen) atoms. The molecule has 35 valence electrons. The van der Waals surface area contributed by atoms with E-state index in [1.165, 1.54) is 0 Å². The Kier molecular flexibility index (Phi) is 25.6. The number of quaternary nitrogens is 1. The Balaban J connectivity index is -0.0000000450. The van der Waals surface area contributed by atoms with Crippen LogP contribution in [0.3, 0.4) is 0 Å². The molecule has 5 N–H and O–H groups in total. The van der Waals surface area contributed by atoms with Gasteiger partial charge in [0.1, 0.15) is 0 Å². The Morgan fingerprint density at radius 2 is 1.67 bits per heavy atom. The van der Waals surface area contributed by atoms with Crippen molar-refractivity contribution >= 4 is 62.7 Å². The zero-order chi connectivity index (χ0) is 3.58. The first kappa shape index (κ1) is 15.6. The van der Waals surface area contributed by atoms with Gasteiger partial charge in [0, 0.05) is 51.4 Å². The summed E-state index contributed by atoms with van der Waals surface area (Å²) < 4.78 is 24.1. The predicted molar refractivity (Wildman–Crippen MR) is 23.3 cm³/mol. The van der Waals surface area contributed by atoms with Crippen LogP contribution in [0.15, 0.2) is 0 Å². The zero-order valence-corrected chi connectivity index (χ0v) is 7.61. The first-order chi connectivity index (χ1) is 1.73. The Bertz CT molecular complexity index is 33.8. The summed E-state index contributed by atoms with van der Waals surface area (Å²) >= 11 is -2.86. The van der Waals surface area contributed by atoms with E-state index in [0.29, 0.717) is 0 Å². The van der Waals surface area contributed by atoms with Gasteiger partial charge in [-0.1, -0.05) is 0 Å². The van der Waals surface area contributed by atoms with Crippen LogP contribution in [0.25, 0.3) is 0 Å². The molecule has 0 fully saturated rings. The van der Waals surface area contributed by atoms with Crippen LogP contribution in [-0.4, -0.2) is 64.7 Å². The topological polar surface area (TPSA) is 96.9 Å². The molecule has 0 aromatic rings. The van der Waals surface area contributed by atoms with Crippen molar-refractivity contribution in [2.24, 2.45) is 0 Å². The summed E-state index contributed by atoms with van der Waals surface area (Å²) in [5.41, 5.74) is 0. The average molecular weight is 138 g/mol. The molecular formula is H5KNO3S. The Morgan fingerprint density at radius 1 is 1.67 bits per heavy atom. The second kappa shape index (κ2) is 9.83. The van der Waals surface area contributed by atoms with Crippen LogP contribution >= 0.6 is 0 Å². The van der Waals surface area contributed by atoms with Crippen LogP contribution in [0.2, 0.25) is 0 Å². The molecule has 1 radical (unpaired) electrons. The predicted octanol–water partition coefficient (Wildman–Crippen LogP) is -0.666. The van der Waals surface area contributed by atoms with Gasteiger partial charge in [0.05, 0.1) is 11.4 Å². The summed E-state index contributed by atoms with van der Waals surface area (Å²) in [6, 6.07) is 0. The number of hydrogen-bond donors (Lipinski definition) is 2. The summed E-state index contributed by atoms with van der Waals surface area (Å²) in [6.07, 6.45) is 0. The summed E-state index contributed by atoms with van der Waals surface area (Å²) in [4.78, 5) is 0. The standard InChI is InChI=1S/K.H3N.H2O3S/c;;1-4(2)3/h;1H3;(H2,1,2,3). The van der Waals surface area contributed by atoms with Crippen molar-refractivity contribution in [2.45, 2.75) is 0 Å². The van der Waals surface area contributed by atoms with Gasteiger partial charge >= 0.3 is 0 Å². The maximum Gasteiger partial charge on any atom is 0.0814 e. The third kappa shape index (κ3) is 44.4. The molecule has 1 atom stereocenters. The molecule has 0 saturated carbocycles. The van der Waals surface area contributed by atoms with Crippen molar-refractivity contribution in [3.8, 4) is 0 Å². The van der Waals surface area contributed by atoms with Gasteiger partial charge in [0.25, 0.3) is 0 Å². The first-order valence-corrected chi connectivity index (χ1v) is 1.55. The second-order valence-electron chi connectivity index (χ2n) is 0.217. The van der Waals surface area contributed by atoms with Crippen LogP contribution in [0, 0.1) is 0 Å². The van der Waals surface area contributed by atoms with Gasteiger partial charge < -0.3 is 15.3 Å². The summed E-state index contributed by atoms with van der Waals surface area (Å²) in [5, 5.41) is 0. The average Bonchev–Trinajstić information content (AvgIpc) is 0.811. The minimum Gasteiger partial charge on any atom is -0.750 e. The maximum absolute atomic E-state index is 8.56. The van der Waals surface area contributed by atoms with Crippen molar-refractivity contribution in [1.29, 1.82) is 0 Å². The third-order valence-electron chi connectivity index (χ3n) is 0. The molecule has 0 rings (SSSR count). The molecule has 0 amide bonds. The van der Waals surface area contributed by atoms with E-state index in [2.05, 4.69) is 0 Å². The van der Waals surface area contributed by atoms with E-state index in [9.17, 15) is 0 Å². The van der Waals surface area contributed by atoms with E-state index in [1.54, 1.807) is 0 Å². The van der Waals surface area contributed by atoms with Crippen molar-refractivity contribution in [3.63, 3.8) is 0 Å². The fourth-order valence-corrected chi connectivity index (χ4v) is 0. The van der Waals surface area contributed by atoms with E-state index in [-0.39, 0.29) is 57.5 Å². The minimum absolute atomic E-state index is 0. The van der Waals surface area contributed by atoms with Crippen molar-refractivity contribution in [2.75, 3.05) is 0 Å². The molecule has 0 bridgehead atoms. The molecule has 0 aliphatic carbocycles. The molecule has 0 aliphatic rings. The summed E-state index contributed by atoms with van der Waals surface area (Å²) in [7, 11) is 0. The van der Waals surface area contributed by atoms with Crippen molar-refractivity contribution in [1.82, 2.24) is 6.15 Å². The molecule has 6 heteroatoms. The number of rotatable bonds is 0. The van der Waals surface area contributed by atoms with Crippen LogP contribution in [0.5, 0.6) is 0 Å². The van der Waals surface area contributed by atoms with E-state index >= 15 is 0 Å². The van der Waals surface area contributed by atoms with Crippen LogP contribution in [0.1, 0.15) is 0 Å². The molecular weight excluding hydrogens is 133 g/mol. The van der Waals surface area contributed by atoms with Gasteiger partial charge in [-0.2, -0.15) is 0 Å². The van der Waals surface area contributed by atoms with E-state index in [0.717, 1.165) is 0 Å². The largest absolute Gasteiger partial charge is 0.750 e. The summed E-state index contributed by atoms with van der Waals surface area (Å²) in [6.45, 7) is 0. The second-order valence-corrected chi connectivity index (χ2v) is 0.651. The van der Waals surface area contributed by atoms with Crippen LogP contribution < -0.4 is 6.15 Å². The van der Waals surface area contributed by atoms with E-state index in [4.69, 9.17) is 13.3 Å².